The van der Waals surface area contributed by atoms with Gasteiger partial charge in [0.1, 0.15) is 17.2 Å². The first-order valence-corrected chi connectivity index (χ1v) is 14.1. The maximum Gasteiger partial charge on any atom is 0.237 e. The third-order valence-corrected chi connectivity index (χ3v) is 10.1. The van der Waals surface area contributed by atoms with Crippen LogP contribution in [0.5, 0.6) is 17.2 Å². The van der Waals surface area contributed by atoms with Gasteiger partial charge in [0, 0.05) is 0 Å². The lowest BCUT2D eigenvalue weighted by molar-refractivity contribution is 0.414. The average Bonchev–Trinajstić information content (AvgIpc) is 3.18. The largest absolute Gasteiger partial charge is 0.546 e. The van der Waals surface area contributed by atoms with Gasteiger partial charge in [-0.3, -0.25) is 0 Å². The Bertz CT molecular complexity index is 1380. The van der Waals surface area contributed by atoms with Crippen molar-refractivity contribution in [3.63, 3.8) is 0 Å². The summed E-state index contributed by atoms with van der Waals surface area (Å²) in [6, 6.07) is 23.7. The van der Waals surface area contributed by atoms with Gasteiger partial charge in [0.05, 0.1) is 14.2 Å². The van der Waals surface area contributed by atoms with E-state index < -0.39 is 9.04 Å². The van der Waals surface area contributed by atoms with Crippen molar-refractivity contribution in [1.29, 1.82) is 0 Å². The highest BCUT2D eigenvalue weighted by molar-refractivity contribution is 6.54. The Morgan fingerprint density at radius 1 is 0.765 bits per heavy atom. The fourth-order valence-corrected chi connectivity index (χ4v) is 5.61. The fourth-order valence-electron chi connectivity index (χ4n) is 4.70. The molecule has 0 N–H and O–H groups in total. The zero-order valence-electron chi connectivity index (χ0n) is 20.9. The van der Waals surface area contributed by atoms with Crippen molar-refractivity contribution >= 4 is 19.8 Å². The summed E-state index contributed by atoms with van der Waals surface area (Å²) in [5, 5.41) is 2.61. The van der Waals surface area contributed by atoms with E-state index in [0.29, 0.717) is 0 Å². The number of ether oxygens (including phenoxy) is 2. The lowest BCUT2D eigenvalue weighted by Crippen LogP contribution is -2.28. The molecule has 5 rings (SSSR count). The normalized spacial score (nSPS) is 13.4. The van der Waals surface area contributed by atoms with Crippen molar-refractivity contribution in [3.8, 4) is 39.5 Å². The van der Waals surface area contributed by atoms with Gasteiger partial charge in [-0.2, -0.15) is 0 Å². The summed E-state index contributed by atoms with van der Waals surface area (Å²) < 4.78 is 17.6. The predicted molar refractivity (Wildman–Crippen MR) is 144 cm³/mol. The van der Waals surface area contributed by atoms with Crippen molar-refractivity contribution in [2.24, 2.45) is 0 Å². The number of methoxy groups -OCH3 is 2. The molecule has 0 amide bonds. The lowest BCUT2D eigenvalue weighted by atomic mass is 9.89. The Kier molecular flexibility index (Phi) is 5.65. The minimum absolute atomic E-state index is 0.199. The summed E-state index contributed by atoms with van der Waals surface area (Å²) in [6.45, 7) is 9.08. The SMILES string of the molecule is COc1ccc2c(c1)Cc1c-2cc2ccc(OC)cc2c1-c1cccc(O[SiH](C)C(C)(C)C)c1. The highest BCUT2D eigenvalue weighted by atomic mass is 28.3. The molecule has 3 nitrogen and oxygen atoms in total. The molecule has 0 bridgehead atoms. The van der Waals surface area contributed by atoms with Crippen LogP contribution in [-0.2, 0) is 6.42 Å². The highest BCUT2D eigenvalue weighted by Crippen LogP contribution is 2.47. The second-order valence-corrected chi connectivity index (χ2v) is 13.5. The monoisotopic (exact) mass is 468 g/mol. The minimum atomic E-state index is -1.40. The van der Waals surface area contributed by atoms with Crippen molar-refractivity contribution in [2.75, 3.05) is 14.2 Å². The first-order chi connectivity index (χ1) is 16.3. The Morgan fingerprint density at radius 2 is 1.50 bits per heavy atom. The maximum atomic E-state index is 6.51. The van der Waals surface area contributed by atoms with E-state index in [4.69, 9.17) is 13.9 Å². The molecule has 1 unspecified atom stereocenters. The van der Waals surface area contributed by atoms with Crippen molar-refractivity contribution in [1.82, 2.24) is 0 Å². The molecular weight excluding hydrogens is 436 g/mol. The second kappa shape index (κ2) is 8.52. The van der Waals surface area contributed by atoms with E-state index in [0.717, 1.165) is 23.7 Å². The van der Waals surface area contributed by atoms with Gasteiger partial charge in [-0.15, -0.1) is 0 Å². The number of hydrogen-bond acceptors (Lipinski definition) is 3. The van der Waals surface area contributed by atoms with Gasteiger partial charge in [0.25, 0.3) is 0 Å². The van der Waals surface area contributed by atoms with Gasteiger partial charge in [-0.05, 0) is 105 Å². The summed E-state index contributed by atoms with van der Waals surface area (Å²) >= 11 is 0. The van der Waals surface area contributed by atoms with Crippen molar-refractivity contribution < 1.29 is 13.9 Å². The summed E-state index contributed by atoms with van der Waals surface area (Å²) in [5.41, 5.74) is 7.69. The Morgan fingerprint density at radius 3 is 2.24 bits per heavy atom. The first-order valence-electron chi connectivity index (χ1n) is 11.9. The topological polar surface area (TPSA) is 27.7 Å². The van der Waals surface area contributed by atoms with Gasteiger partial charge in [-0.25, -0.2) is 0 Å². The molecule has 0 aliphatic heterocycles. The zero-order valence-corrected chi connectivity index (χ0v) is 22.0. The maximum absolute atomic E-state index is 6.51. The lowest BCUT2D eigenvalue weighted by Gasteiger charge is -2.26. The number of rotatable bonds is 5. The zero-order chi connectivity index (χ0) is 24.0. The molecule has 0 heterocycles. The van der Waals surface area contributed by atoms with E-state index in [-0.39, 0.29) is 5.04 Å². The predicted octanol–water partition coefficient (Wildman–Crippen LogP) is 7.63. The molecule has 0 saturated heterocycles. The van der Waals surface area contributed by atoms with Gasteiger partial charge in [0.2, 0.25) is 9.04 Å². The molecule has 4 aromatic carbocycles. The summed E-state index contributed by atoms with van der Waals surface area (Å²) in [4.78, 5) is 0. The van der Waals surface area contributed by atoms with Crippen LogP contribution in [0.25, 0.3) is 33.0 Å². The van der Waals surface area contributed by atoms with Crippen LogP contribution in [0, 0.1) is 0 Å². The molecule has 0 aromatic heterocycles. The van der Waals surface area contributed by atoms with Crippen LogP contribution in [0.1, 0.15) is 31.9 Å². The molecular formula is C30H32O3Si. The van der Waals surface area contributed by atoms with E-state index in [1.54, 1.807) is 14.2 Å². The van der Waals surface area contributed by atoms with Crippen LogP contribution in [0.4, 0.5) is 0 Å². The van der Waals surface area contributed by atoms with Gasteiger partial charge in [-0.1, -0.05) is 45.0 Å². The second-order valence-electron chi connectivity index (χ2n) is 10.2. The molecule has 174 valence electrons. The van der Waals surface area contributed by atoms with E-state index in [1.165, 1.54) is 44.2 Å². The van der Waals surface area contributed by atoms with Crippen LogP contribution in [0.3, 0.4) is 0 Å². The summed E-state index contributed by atoms with van der Waals surface area (Å²) in [5.74, 6) is 2.72. The van der Waals surface area contributed by atoms with Crippen LogP contribution >= 0.6 is 0 Å². The Hall–Kier alpha value is -3.24. The molecule has 1 aliphatic carbocycles. The Balaban J connectivity index is 1.71. The standard InChI is InChI=1S/C30H32O3Si/c1-30(2,3)34(6)33-24-9-7-8-20(14-24)29-26-18-23(32-5)11-10-19(26)16-27-25-13-12-22(31-4)15-21(25)17-28(27)29/h7-16,18,34H,17H2,1-6H3. The minimum Gasteiger partial charge on any atom is -0.546 e. The van der Waals surface area contributed by atoms with E-state index in [1.807, 2.05) is 6.07 Å². The number of hydrogen-bond donors (Lipinski definition) is 0. The molecule has 4 aromatic rings. The smallest absolute Gasteiger partial charge is 0.237 e. The van der Waals surface area contributed by atoms with Crippen molar-refractivity contribution in [2.45, 2.75) is 38.8 Å². The molecule has 1 atom stereocenters. The fraction of sp³-hybridized carbons (Fsp3) is 0.267. The van der Waals surface area contributed by atoms with Gasteiger partial charge >= 0.3 is 0 Å². The molecule has 34 heavy (non-hydrogen) atoms. The van der Waals surface area contributed by atoms with E-state index >= 15 is 0 Å². The molecule has 1 aliphatic rings. The number of benzene rings is 4. The highest BCUT2D eigenvalue weighted by Gasteiger charge is 2.27. The molecule has 0 spiro atoms. The summed E-state index contributed by atoms with van der Waals surface area (Å²) in [7, 11) is 2.05. The van der Waals surface area contributed by atoms with Crippen molar-refractivity contribution in [3.05, 3.63) is 77.9 Å². The van der Waals surface area contributed by atoms with E-state index in [9.17, 15) is 0 Å². The van der Waals surface area contributed by atoms with Crippen LogP contribution in [-0.4, -0.2) is 23.3 Å². The van der Waals surface area contributed by atoms with Crippen LogP contribution in [0.2, 0.25) is 11.6 Å². The van der Waals surface area contributed by atoms with Gasteiger partial charge in [0.15, 0.2) is 0 Å². The van der Waals surface area contributed by atoms with E-state index in [2.05, 4.69) is 88.0 Å². The first kappa shape index (κ1) is 22.5. The quantitative estimate of drug-likeness (QED) is 0.248. The molecule has 4 heteroatoms. The third-order valence-electron chi connectivity index (χ3n) is 7.08. The third kappa shape index (κ3) is 3.96. The summed E-state index contributed by atoms with van der Waals surface area (Å²) in [6.07, 6.45) is 0.878. The molecule has 0 fully saturated rings. The Labute approximate surface area is 204 Å². The van der Waals surface area contributed by atoms with Gasteiger partial charge < -0.3 is 13.9 Å². The molecule has 0 saturated carbocycles. The van der Waals surface area contributed by atoms with Crippen LogP contribution < -0.4 is 13.9 Å². The molecule has 0 radical (unpaired) electrons. The average molecular weight is 469 g/mol. The van der Waals surface area contributed by atoms with Crippen LogP contribution in [0.15, 0.2) is 66.7 Å². The number of fused-ring (bicyclic) bond motifs is 4.